The van der Waals surface area contributed by atoms with Gasteiger partial charge in [0.15, 0.2) is 11.5 Å². The van der Waals surface area contributed by atoms with E-state index in [1.54, 1.807) is 13.0 Å². The second kappa shape index (κ2) is 16.9. The lowest BCUT2D eigenvalue weighted by molar-refractivity contribution is -0.153. The lowest BCUT2D eigenvalue weighted by Crippen LogP contribution is -2.51. The minimum atomic E-state index is -1.50. The van der Waals surface area contributed by atoms with Crippen LogP contribution >= 0.6 is 0 Å². The Kier molecular flexibility index (Phi) is 14.8. The Labute approximate surface area is 233 Å². The summed E-state index contributed by atoms with van der Waals surface area (Å²) in [4.78, 5) is 49.8. The number of rotatable bonds is 17. The largest absolute Gasteiger partial charge is 0.468 e. The van der Waals surface area contributed by atoms with Crippen LogP contribution in [0.2, 0.25) is 0 Å². The van der Waals surface area contributed by atoms with Crippen LogP contribution in [0.4, 0.5) is 0 Å². The van der Waals surface area contributed by atoms with E-state index in [-0.39, 0.29) is 55.7 Å². The number of methoxy groups -OCH3 is 1. The van der Waals surface area contributed by atoms with Crippen LogP contribution in [-0.2, 0) is 35.1 Å². The van der Waals surface area contributed by atoms with E-state index in [1.807, 2.05) is 34.6 Å². The molecule has 0 fully saturated rings. The SMILES string of the molecule is CCC[C@H](C)C(=O)OCCC(N)(Cc1ccc(OC(=O)CCC(C)C)c(OC(=O)CCC(C)C)c1)C(=O)OC. The van der Waals surface area contributed by atoms with Gasteiger partial charge in [-0.25, -0.2) is 0 Å². The van der Waals surface area contributed by atoms with Gasteiger partial charge in [-0.05, 0) is 48.8 Å². The fourth-order valence-electron chi connectivity index (χ4n) is 3.84. The van der Waals surface area contributed by atoms with Crippen molar-refractivity contribution in [3.05, 3.63) is 23.8 Å². The van der Waals surface area contributed by atoms with Crippen LogP contribution in [0.5, 0.6) is 11.5 Å². The highest BCUT2D eigenvalue weighted by molar-refractivity contribution is 5.81. The number of esters is 4. The van der Waals surface area contributed by atoms with E-state index in [1.165, 1.54) is 19.2 Å². The van der Waals surface area contributed by atoms with Crippen LogP contribution in [0.25, 0.3) is 0 Å². The average molecular weight is 550 g/mol. The van der Waals surface area contributed by atoms with Gasteiger partial charge >= 0.3 is 23.9 Å². The van der Waals surface area contributed by atoms with Crippen LogP contribution in [0, 0.1) is 17.8 Å². The number of carbonyl (C=O) groups is 4. The molecule has 1 rings (SSSR count). The second-order valence-electron chi connectivity index (χ2n) is 11.0. The van der Waals surface area contributed by atoms with Crippen LogP contribution in [0.15, 0.2) is 18.2 Å². The molecule has 1 aromatic carbocycles. The van der Waals surface area contributed by atoms with Crippen molar-refractivity contribution in [2.24, 2.45) is 23.5 Å². The second-order valence-corrected chi connectivity index (χ2v) is 11.0. The maximum atomic E-state index is 12.7. The molecule has 0 spiro atoms. The number of carbonyl (C=O) groups excluding carboxylic acids is 4. The Morgan fingerprint density at radius 1 is 0.872 bits per heavy atom. The van der Waals surface area contributed by atoms with Crippen molar-refractivity contribution in [2.75, 3.05) is 13.7 Å². The standard InChI is InChI=1S/C30H47NO8/c1-8-9-22(6)28(34)37-17-16-30(31,29(35)36-7)19-23-12-13-24(38-26(32)14-10-20(2)3)25(18-23)39-27(33)15-11-21(4)5/h12-13,18,20-22H,8-11,14-17,19,31H2,1-7H3/t22-,30?/m0/s1. The van der Waals surface area contributed by atoms with E-state index in [0.717, 1.165) is 6.42 Å². The molecular weight excluding hydrogens is 502 g/mol. The van der Waals surface area contributed by atoms with E-state index in [9.17, 15) is 19.2 Å². The van der Waals surface area contributed by atoms with Gasteiger partial charge in [0, 0.05) is 25.7 Å². The minimum Gasteiger partial charge on any atom is -0.468 e. The zero-order valence-electron chi connectivity index (χ0n) is 24.7. The van der Waals surface area contributed by atoms with Gasteiger partial charge in [0.25, 0.3) is 0 Å². The molecule has 0 aliphatic heterocycles. The van der Waals surface area contributed by atoms with Crippen molar-refractivity contribution in [1.29, 1.82) is 0 Å². The van der Waals surface area contributed by atoms with Gasteiger partial charge in [0.2, 0.25) is 0 Å². The third-order valence-corrected chi connectivity index (χ3v) is 6.34. The predicted octanol–water partition coefficient (Wildman–Crippen LogP) is 5.15. The van der Waals surface area contributed by atoms with Gasteiger partial charge in [0.05, 0.1) is 19.6 Å². The summed E-state index contributed by atoms with van der Waals surface area (Å²) in [6.45, 7) is 11.8. The number of hydrogen-bond donors (Lipinski definition) is 1. The number of ether oxygens (including phenoxy) is 4. The fourth-order valence-corrected chi connectivity index (χ4v) is 3.84. The Hall–Kier alpha value is -2.94. The molecule has 1 unspecified atom stereocenters. The van der Waals surface area contributed by atoms with Crippen molar-refractivity contribution in [2.45, 2.75) is 98.4 Å². The van der Waals surface area contributed by atoms with E-state index in [2.05, 4.69) is 0 Å². The molecule has 0 heterocycles. The first kappa shape index (κ1) is 34.1. The first-order chi connectivity index (χ1) is 18.3. The Balaban J connectivity index is 3.14. The van der Waals surface area contributed by atoms with E-state index in [0.29, 0.717) is 36.7 Å². The van der Waals surface area contributed by atoms with Gasteiger partial charge in [-0.15, -0.1) is 0 Å². The van der Waals surface area contributed by atoms with Crippen molar-refractivity contribution in [3.63, 3.8) is 0 Å². The molecule has 0 radical (unpaired) electrons. The van der Waals surface area contributed by atoms with Crippen molar-refractivity contribution >= 4 is 23.9 Å². The molecule has 0 aliphatic carbocycles. The maximum Gasteiger partial charge on any atom is 0.326 e. The minimum absolute atomic E-state index is 0.0137. The number of hydrogen-bond acceptors (Lipinski definition) is 9. The third kappa shape index (κ3) is 12.6. The van der Waals surface area contributed by atoms with Crippen LogP contribution in [-0.4, -0.2) is 43.1 Å². The van der Waals surface area contributed by atoms with E-state index in [4.69, 9.17) is 24.7 Å². The lowest BCUT2D eigenvalue weighted by Gasteiger charge is -2.27. The molecule has 0 aromatic heterocycles. The Morgan fingerprint density at radius 3 is 1.95 bits per heavy atom. The number of nitrogens with two attached hydrogens (primary N) is 1. The molecule has 0 bridgehead atoms. The zero-order chi connectivity index (χ0) is 29.6. The molecular formula is C30H47NO8. The zero-order valence-corrected chi connectivity index (χ0v) is 24.7. The van der Waals surface area contributed by atoms with Crippen LogP contribution in [0.1, 0.15) is 92.1 Å². The monoisotopic (exact) mass is 549 g/mol. The van der Waals surface area contributed by atoms with Gasteiger partial charge in [0.1, 0.15) is 5.54 Å². The maximum absolute atomic E-state index is 12.7. The summed E-state index contributed by atoms with van der Waals surface area (Å²) >= 11 is 0. The molecule has 0 saturated heterocycles. The van der Waals surface area contributed by atoms with Crippen molar-refractivity contribution in [1.82, 2.24) is 0 Å². The summed E-state index contributed by atoms with van der Waals surface area (Å²) in [6.07, 6.45) is 3.34. The summed E-state index contributed by atoms with van der Waals surface area (Å²) < 4.78 is 21.4. The van der Waals surface area contributed by atoms with Crippen LogP contribution in [0.3, 0.4) is 0 Å². The fraction of sp³-hybridized carbons (Fsp3) is 0.667. The summed E-state index contributed by atoms with van der Waals surface area (Å²) in [5.74, 6) is -1.31. The summed E-state index contributed by atoms with van der Waals surface area (Å²) in [6, 6.07) is 4.71. The molecule has 9 nitrogen and oxygen atoms in total. The summed E-state index contributed by atoms with van der Waals surface area (Å²) in [5.41, 5.74) is 5.52. The third-order valence-electron chi connectivity index (χ3n) is 6.34. The van der Waals surface area contributed by atoms with Gasteiger partial charge in [-0.2, -0.15) is 0 Å². The molecule has 9 heteroatoms. The Morgan fingerprint density at radius 2 is 1.44 bits per heavy atom. The Bertz CT molecular complexity index is 958. The molecule has 1 aromatic rings. The van der Waals surface area contributed by atoms with Crippen molar-refractivity contribution < 1.29 is 38.1 Å². The van der Waals surface area contributed by atoms with Crippen molar-refractivity contribution in [3.8, 4) is 11.5 Å². The van der Waals surface area contributed by atoms with Gasteiger partial charge in [-0.1, -0.05) is 54.0 Å². The number of benzene rings is 1. The molecule has 220 valence electrons. The highest BCUT2D eigenvalue weighted by atomic mass is 16.6. The normalized spacial score (nSPS) is 13.5. The smallest absolute Gasteiger partial charge is 0.326 e. The first-order valence-electron chi connectivity index (χ1n) is 13.9. The first-order valence-corrected chi connectivity index (χ1v) is 13.9. The molecule has 39 heavy (non-hydrogen) atoms. The van der Waals surface area contributed by atoms with E-state index < -0.39 is 23.4 Å². The highest BCUT2D eigenvalue weighted by Crippen LogP contribution is 2.31. The lowest BCUT2D eigenvalue weighted by atomic mass is 9.88. The van der Waals surface area contributed by atoms with Gasteiger partial charge in [-0.3, -0.25) is 19.2 Å². The van der Waals surface area contributed by atoms with Gasteiger partial charge < -0.3 is 24.7 Å². The average Bonchev–Trinajstić information content (AvgIpc) is 2.87. The molecule has 0 saturated carbocycles. The molecule has 2 N–H and O–H groups in total. The molecule has 0 amide bonds. The van der Waals surface area contributed by atoms with E-state index >= 15 is 0 Å². The predicted molar refractivity (Wildman–Crippen MR) is 148 cm³/mol. The quantitative estimate of drug-likeness (QED) is 0.207. The van der Waals surface area contributed by atoms with Crippen LogP contribution < -0.4 is 15.2 Å². The topological polar surface area (TPSA) is 131 Å². The summed E-state index contributed by atoms with van der Waals surface area (Å²) in [5, 5.41) is 0. The molecule has 0 aliphatic rings. The molecule has 2 atom stereocenters. The highest BCUT2D eigenvalue weighted by Gasteiger charge is 2.36. The summed E-state index contributed by atoms with van der Waals surface area (Å²) in [7, 11) is 1.24.